The molecule has 0 spiro atoms. The van der Waals surface area contributed by atoms with Crippen LogP contribution in [-0.4, -0.2) is 22.2 Å². The highest BCUT2D eigenvalue weighted by Gasteiger charge is 2.18. The molecular weight excluding hydrogens is 291 g/mol. The number of nitro benzene ring substituents is 1. The third kappa shape index (κ3) is 3.30. The highest BCUT2D eigenvalue weighted by Crippen LogP contribution is 2.27. The molecule has 0 saturated heterocycles. The molecule has 22 heavy (non-hydrogen) atoms. The van der Waals surface area contributed by atoms with Gasteiger partial charge in [0, 0.05) is 23.9 Å². The third-order valence-electron chi connectivity index (χ3n) is 3.11. The number of nitrogens with zero attached hydrogens (tertiary/aromatic N) is 2. The highest BCUT2D eigenvalue weighted by atomic mass is 19.1. The fourth-order valence-electron chi connectivity index (χ4n) is 1.96. The summed E-state index contributed by atoms with van der Waals surface area (Å²) in [6, 6.07) is 6.23. The summed E-state index contributed by atoms with van der Waals surface area (Å²) in [5, 5.41) is 10.8. The van der Waals surface area contributed by atoms with E-state index in [-0.39, 0.29) is 23.6 Å². The predicted octanol–water partition coefficient (Wildman–Crippen LogP) is 3.99. The van der Waals surface area contributed by atoms with Gasteiger partial charge in [-0.25, -0.2) is 9.18 Å². The first-order valence-electron chi connectivity index (χ1n) is 6.83. The molecule has 2 aromatic rings. The number of carbonyl (C=O) groups is 1. The van der Waals surface area contributed by atoms with Gasteiger partial charge in [0.25, 0.3) is 5.69 Å². The molecule has 0 saturated carbocycles. The van der Waals surface area contributed by atoms with Gasteiger partial charge in [-0.1, -0.05) is 13.3 Å². The van der Waals surface area contributed by atoms with E-state index in [1.54, 1.807) is 6.07 Å². The van der Waals surface area contributed by atoms with Crippen LogP contribution in [-0.2, 0) is 4.74 Å². The lowest BCUT2D eigenvalue weighted by Gasteiger charge is -2.09. The van der Waals surface area contributed by atoms with Gasteiger partial charge < -0.3 is 4.74 Å². The minimum Gasteiger partial charge on any atom is -0.449 e. The van der Waals surface area contributed by atoms with Crippen LogP contribution >= 0.6 is 0 Å². The first kappa shape index (κ1) is 15.7. The van der Waals surface area contributed by atoms with Gasteiger partial charge in [-0.2, -0.15) is 0 Å². The fraction of sp³-hybridized carbons (Fsp3) is 0.267. The van der Waals surface area contributed by atoms with Crippen LogP contribution in [0.4, 0.5) is 14.9 Å². The van der Waals surface area contributed by atoms with Gasteiger partial charge in [0.2, 0.25) is 0 Å². The lowest BCUT2D eigenvalue weighted by molar-refractivity contribution is -0.384. The number of unbranched alkanes of at least 4 members (excludes halogenated alkanes) is 1. The van der Waals surface area contributed by atoms with Crippen molar-refractivity contribution >= 4 is 11.8 Å². The minimum atomic E-state index is -0.646. The molecule has 0 unspecified atom stereocenters. The second-order valence-corrected chi connectivity index (χ2v) is 4.65. The molecule has 0 N–H and O–H groups in total. The Morgan fingerprint density at radius 3 is 2.86 bits per heavy atom. The molecule has 0 aliphatic rings. The monoisotopic (exact) mass is 306 g/mol. The zero-order valence-electron chi connectivity index (χ0n) is 12.0. The van der Waals surface area contributed by atoms with E-state index in [0.717, 1.165) is 35.6 Å². The number of benzene rings is 1. The number of aromatic nitrogens is 1. The average Bonchev–Trinajstić information content (AvgIpc) is 2.97. The molecule has 0 amide bonds. The van der Waals surface area contributed by atoms with E-state index in [0.29, 0.717) is 0 Å². The maximum Gasteiger partial charge on any atom is 0.418 e. The zero-order valence-corrected chi connectivity index (χ0v) is 12.0. The van der Waals surface area contributed by atoms with Crippen LogP contribution in [0.5, 0.6) is 0 Å². The van der Waals surface area contributed by atoms with E-state index in [2.05, 4.69) is 0 Å². The van der Waals surface area contributed by atoms with Gasteiger partial charge in [-0.15, -0.1) is 0 Å². The number of carbonyl (C=O) groups excluding carboxylic acids is 1. The Balaban J connectivity index is 2.34. The Hall–Kier alpha value is -2.70. The van der Waals surface area contributed by atoms with Crippen molar-refractivity contribution in [2.24, 2.45) is 0 Å². The maximum atomic E-state index is 14.0. The Morgan fingerprint density at radius 1 is 1.41 bits per heavy atom. The summed E-state index contributed by atoms with van der Waals surface area (Å²) in [6.45, 7) is 2.23. The molecule has 0 radical (unpaired) electrons. The van der Waals surface area contributed by atoms with Gasteiger partial charge >= 0.3 is 6.09 Å². The molecule has 0 aliphatic heterocycles. The quantitative estimate of drug-likeness (QED) is 0.475. The van der Waals surface area contributed by atoms with Crippen LogP contribution in [0.1, 0.15) is 19.8 Å². The summed E-state index contributed by atoms with van der Waals surface area (Å²) in [4.78, 5) is 22.2. The van der Waals surface area contributed by atoms with Gasteiger partial charge in [-0.05, 0) is 24.6 Å². The van der Waals surface area contributed by atoms with Crippen molar-refractivity contribution in [1.82, 2.24) is 4.57 Å². The van der Waals surface area contributed by atoms with Gasteiger partial charge in [0.15, 0.2) is 0 Å². The Bertz CT molecular complexity index is 697. The lowest BCUT2D eigenvalue weighted by Crippen LogP contribution is -2.14. The lowest BCUT2D eigenvalue weighted by atomic mass is 10.1. The van der Waals surface area contributed by atoms with E-state index in [1.807, 2.05) is 6.92 Å². The average molecular weight is 306 g/mol. The normalized spacial score (nSPS) is 10.5. The number of halogens is 1. The van der Waals surface area contributed by atoms with E-state index in [9.17, 15) is 19.3 Å². The molecule has 0 atom stereocenters. The van der Waals surface area contributed by atoms with Gasteiger partial charge in [-0.3, -0.25) is 14.7 Å². The van der Waals surface area contributed by atoms with Crippen molar-refractivity contribution in [1.29, 1.82) is 0 Å². The molecule has 6 nitrogen and oxygen atoms in total. The van der Waals surface area contributed by atoms with Crippen LogP contribution in [0.2, 0.25) is 0 Å². The van der Waals surface area contributed by atoms with E-state index >= 15 is 0 Å². The first-order chi connectivity index (χ1) is 10.5. The fourth-order valence-corrected chi connectivity index (χ4v) is 1.96. The van der Waals surface area contributed by atoms with Crippen LogP contribution in [0.15, 0.2) is 36.5 Å². The van der Waals surface area contributed by atoms with E-state index in [4.69, 9.17) is 4.74 Å². The Kier molecular flexibility index (Phi) is 4.88. The molecule has 0 aliphatic carbocycles. The van der Waals surface area contributed by atoms with Crippen LogP contribution < -0.4 is 0 Å². The molecule has 2 rings (SSSR count). The summed E-state index contributed by atoms with van der Waals surface area (Å²) < 4.78 is 20.2. The largest absolute Gasteiger partial charge is 0.449 e. The predicted molar refractivity (Wildman–Crippen MR) is 78.1 cm³/mol. The molecule has 1 heterocycles. The van der Waals surface area contributed by atoms with Crippen LogP contribution in [0.3, 0.4) is 0 Å². The van der Waals surface area contributed by atoms with Crippen molar-refractivity contribution in [3.05, 3.63) is 52.5 Å². The number of nitro groups is 1. The first-order valence-corrected chi connectivity index (χ1v) is 6.83. The van der Waals surface area contributed by atoms with Gasteiger partial charge in [0.1, 0.15) is 5.82 Å². The molecule has 1 aromatic heterocycles. The topological polar surface area (TPSA) is 74.4 Å². The van der Waals surface area contributed by atoms with Gasteiger partial charge in [0.05, 0.1) is 17.2 Å². The maximum absolute atomic E-state index is 14.0. The zero-order chi connectivity index (χ0) is 16.1. The number of hydrogen-bond donors (Lipinski definition) is 0. The number of non-ortho nitro benzene ring substituents is 1. The second-order valence-electron chi connectivity index (χ2n) is 4.65. The molecular formula is C15H15FN2O4. The third-order valence-corrected chi connectivity index (χ3v) is 3.11. The summed E-state index contributed by atoms with van der Waals surface area (Å²) in [6.07, 6.45) is 2.40. The van der Waals surface area contributed by atoms with Crippen molar-refractivity contribution in [3.63, 3.8) is 0 Å². The van der Waals surface area contributed by atoms with Crippen LogP contribution in [0, 0.1) is 15.9 Å². The van der Waals surface area contributed by atoms with Crippen LogP contribution in [0.25, 0.3) is 11.3 Å². The number of ether oxygens (including phenoxy) is 1. The molecule has 0 bridgehead atoms. The molecule has 116 valence electrons. The molecule has 1 aromatic carbocycles. The van der Waals surface area contributed by atoms with E-state index in [1.165, 1.54) is 12.3 Å². The Morgan fingerprint density at radius 2 is 2.18 bits per heavy atom. The van der Waals surface area contributed by atoms with Crippen molar-refractivity contribution in [3.8, 4) is 11.3 Å². The second kappa shape index (κ2) is 6.84. The van der Waals surface area contributed by atoms with E-state index < -0.39 is 16.8 Å². The highest BCUT2D eigenvalue weighted by molar-refractivity contribution is 5.79. The minimum absolute atomic E-state index is 0.0216. The number of rotatable bonds is 5. The Labute approximate surface area is 126 Å². The summed E-state index contributed by atoms with van der Waals surface area (Å²) in [7, 11) is 0. The van der Waals surface area contributed by atoms with Crippen molar-refractivity contribution < 1.29 is 18.8 Å². The smallest absolute Gasteiger partial charge is 0.418 e. The van der Waals surface area contributed by atoms with Crippen molar-refractivity contribution in [2.75, 3.05) is 6.61 Å². The molecule has 7 heteroatoms. The summed E-state index contributed by atoms with van der Waals surface area (Å²) in [5.41, 5.74) is -0.0576. The van der Waals surface area contributed by atoms with Crippen molar-refractivity contribution in [2.45, 2.75) is 19.8 Å². The SMILES string of the molecule is CCCCOC(=O)n1cccc1-c1cc([N+](=O)[O-])ccc1F. The summed E-state index contributed by atoms with van der Waals surface area (Å²) >= 11 is 0. The number of hydrogen-bond acceptors (Lipinski definition) is 4. The summed E-state index contributed by atoms with van der Waals surface area (Å²) in [5.74, 6) is -0.646. The molecule has 0 fully saturated rings. The standard InChI is InChI=1S/C15H15FN2O4/c1-2-3-9-22-15(19)17-8-4-5-14(17)12-10-11(18(20)21)6-7-13(12)16/h4-8,10H,2-3,9H2,1H3.